The zero-order valence-electron chi connectivity index (χ0n) is 12.6. The highest BCUT2D eigenvalue weighted by atomic mass is 16.5. The third kappa shape index (κ3) is 4.06. The Kier molecular flexibility index (Phi) is 5.92. The third-order valence-corrected chi connectivity index (χ3v) is 3.45. The van der Waals surface area contributed by atoms with Gasteiger partial charge in [-0.15, -0.1) is 6.58 Å². The van der Waals surface area contributed by atoms with E-state index < -0.39 is 5.91 Å². The van der Waals surface area contributed by atoms with Crippen molar-refractivity contribution in [1.29, 1.82) is 0 Å². The molecule has 1 amide bonds. The van der Waals surface area contributed by atoms with Gasteiger partial charge in [0.1, 0.15) is 6.10 Å². The van der Waals surface area contributed by atoms with E-state index in [1.165, 1.54) is 0 Å². The van der Waals surface area contributed by atoms with Crippen LogP contribution in [0.25, 0.3) is 0 Å². The largest absolute Gasteiger partial charge is 0.369 e. The molecular weight excluding hydrogens is 274 g/mol. The quantitative estimate of drug-likeness (QED) is 0.594. The summed E-state index contributed by atoms with van der Waals surface area (Å²) in [4.78, 5) is 11.7. The summed E-state index contributed by atoms with van der Waals surface area (Å²) in [7, 11) is 0. The summed E-state index contributed by atoms with van der Waals surface area (Å²) < 4.78 is 6.05. The fourth-order valence-corrected chi connectivity index (χ4v) is 2.37. The van der Waals surface area contributed by atoms with Gasteiger partial charge >= 0.3 is 0 Å². The van der Waals surface area contributed by atoms with E-state index in [2.05, 4.69) is 6.58 Å². The van der Waals surface area contributed by atoms with E-state index in [-0.39, 0.29) is 6.10 Å². The normalized spacial score (nSPS) is 11.8. The van der Waals surface area contributed by atoms with Crippen molar-refractivity contribution in [2.45, 2.75) is 18.9 Å². The molecule has 0 saturated heterocycles. The third-order valence-electron chi connectivity index (χ3n) is 3.45. The molecule has 0 fully saturated rings. The van der Waals surface area contributed by atoms with Crippen molar-refractivity contribution in [1.82, 2.24) is 0 Å². The molecule has 0 heterocycles. The van der Waals surface area contributed by atoms with Gasteiger partial charge in [-0.3, -0.25) is 4.79 Å². The van der Waals surface area contributed by atoms with Crippen LogP contribution in [0.5, 0.6) is 0 Å². The number of hydrogen-bond acceptors (Lipinski definition) is 2. The van der Waals surface area contributed by atoms with E-state index in [0.717, 1.165) is 24.0 Å². The van der Waals surface area contributed by atoms with Gasteiger partial charge in [-0.05, 0) is 30.0 Å². The second-order valence-electron chi connectivity index (χ2n) is 5.04. The standard InChI is InChI=1S/C19H21NO2/c1-2-3-9-14-22-18(15-10-5-4-6-11-15)16-12-7-8-13-17(16)19(20)21/h2,4-8,10-13,18H,1,3,9,14H2,(H2,20,21)/t18-/m0/s1. The molecule has 3 nitrogen and oxygen atoms in total. The average molecular weight is 295 g/mol. The number of allylic oxidation sites excluding steroid dienone is 1. The van der Waals surface area contributed by atoms with Crippen LogP contribution in [0.15, 0.2) is 67.3 Å². The van der Waals surface area contributed by atoms with Crippen molar-refractivity contribution in [3.8, 4) is 0 Å². The number of amides is 1. The van der Waals surface area contributed by atoms with Crippen LogP contribution in [0.2, 0.25) is 0 Å². The molecule has 114 valence electrons. The van der Waals surface area contributed by atoms with Gasteiger partial charge in [0.15, 0.2) is 0 Å². The van der Waals surface area contributed by atoms with Gasteiger partial charge in [0.2, 0.25) is 5.91 Å². The van der Waals surface area contributed by atoms with Crippen LogP contribution in [-0.2, 0) is 4.74 Å². The lowest BCUT2D eigenvalue weighted by Gasteiger charge is -2.21. The first-order valence-corrected chi connectivity index (χ1v) is 7.40. The van der Waals surface area contributed by atoms with Crippen molar-refractivity contribution in [2.75, 3.05) is 6.61 Å². The fraction of sp³-hybridized carbons (Fsp3) is 0.211. The second kappa shape index (κ2) is 8.15. The predicted octanol–water partition coefficient (Wildman–Crippen LogP) is 3.86. The molecule has 1 atom stereocenters. The molecule has 0 radical (unpaired) electrons. The number of primary amides is 1. The van der Waals surface area contributed by atoms with E-state index in [0.29, 0.717) is 12.2 Å². The van der Waals surface area contributed by atoms with Crippen molar-refractivity contribution in [3.05, 3.63) is 83.9 Å². The zero-order chi connectivity index (χ0) is 15.8. The van der Waals surface area contributed by atoms with Crippen molar-refractivity contribution >= 4 is 5.91 Å². The van der Waals surface area contributed by atoms with Crippen LogP contribution in [0.3, 0.4) is 0 Å². The maximum Gasteiger partial charge on any atom is 0.249 e. The Labute approximate surface area is 131 Å². The van der Waals surface area contributed by atoms with Crippen LogP contribution >= 0.6 is 0 Å². The molecular formula is C19H21NO2. The number of unbranched alkanes of at least 4 members (excludes halogenated alkanes) is 1. The number of ether oxygens (including phenoxy) is 1. The molecule has 0 aliphatic carbocycles. The molecule has 2 rings (SSSR count). The molecule has 0 aliphatic rings. The monoisotopic (exact) mass is 295 g/mol. The lowest BCUT2D eigenvalue weighted by Crippen LogP contribution is -2.17. The van der Waals surface area contributed by atoms with E-state index in [1.807, 2.05) is 54.6 Å². The number of benzene rings is 2. The smallest absolute Gasteiger partial charge is 0.249 e. The second-order valence-corrected chi connectivity index (χ2v) is 5.04. The minimum absolute atomic E-state index is 0.297. The average Bonchev–Trinajstić information content (AvgIpc) is 2.56. The molecule has 2 aromatic rings. The van der Waals surface area contributed by atoms with Crippen molar-refractivity contribution in [3.63, 3.8) is 0 Å². The van der Waals surface area contributed by atoms with Crippen molar-refractivity contribution < 1.29 is 9.53 Å². The summed E-state index contributed by atoms with van der Waals surface area (Å²) in [5.41, 5.74) is 7.81. The topological polar surface area (TPSA) is 52.3 Å². The van der Waals surface area contributed by atoms with Crippen LogP contribution in [0.4, 0.5) is 0 Å². The predicted molar refractivity (Wildman–Crippen MR) is 88.6 cm³/mol. The molecule has 0 bridgehead atoms. The molecule has 0 unspecified atom stereocenters. The summed E-state index contributed by atoms with van der Waals surface area (Å²) in [5.74, 6) is -0.439. The Hall–Kier alpha value is -2.39. The maximum atomic E-state index is 11.7. The van der Waals surface area contributed by atoms with Crippen LogP contribution in [-0.4, -0.2) is 12.5 Å². The Morgan fingerprint density at radius 3 is 2.50 bits per heavy atom. The first kappa shape index (κ1) is 16.0. The Bertz CT molecular complexity index is 622. The fourth-order valence-electron chi connectivity index (χ4n) is 2.37. The first-order valence-electron chi connectivity index (χ1n) is 7.40. The minimum Gasteiger partial charge on any atom is -0.369 e. The molecule has 3 heteroatoms. The molecule has 0 aromatic heterocycles. The van der Waals surface area contributed by atoms with Crippen LogP contribution in [0.1, 0.15) is 40.4 Å². The van der Waals surface area contributed by atoms with Gasteiger partial charge in [0, 0.05) is 12.2 Å². The molecule has 22 heavy (non-hydrogen) atoms. The van der Waals surface area contributed by atoms with E-state index in [9.17, 15) is 4.79 Å². The minimum atomic E-state index is -0.439. The molecule has 2 aromatic carbocycles. The molecule has 2 N–H and O–H groups in total. The first-order chi connectivity index (χ1) is 10.7. The lowest BCUT2D eigenvalue weighted by atomic mass is 9.96. The molecule has 0 saturated carbocycles. The lowest BCUT2D eigenvalue weighted by molar-refractivity contribution is 0.0769. The number of carbonyl (C=O) groups excluding carboxylic acids is 1. The summed E-state index contributed by atoms with van der Waals surface area (Å²) in [6.07, 6.45) is 3.37. The SMILES string of the molecule is C=CCCCO[C@@H](c1ccccc1)c1ccccc1C(N)=O. The van der Waals surface area contributed by atoms with Crippen LogP contribution < -0.4 is 5.73 Å². The summed E-state index contributed by atoms with van der Waals surface area (Å²) in [6, 6.07) is 17.2. The molecule has 0 aliphatic heterocycles. The zero-order valence-corrected chi connectivity index (χ0v) is 12.6. The van der Waals surface area contributed by atoms with E-state index in [4.69, 9.17) is 10.5 Å². The van der Waals surface area contributed by atoms with Gasteiger partial charge in [-0.25, -0.2) is 0 Å². The van der Waals surface area contributed by atoms with Crippen LogP contribution in [0, 0.1) is 0 Å². The highest BCUT2D eigenvalue weighted by Gasteiger charge is 2.19. The number of carbonyl (C=O) groups is 1. The number of nitrogens with two attached hydrogens (primary N) is 1. The summed E-state index contributed by atoms with van der Waals surface area (Å²) in [6.45, 7) is 4.31. The molecule has 0 spiro atoms. The van der Waals surface area contributed by atoms with Gasteiger partial charge in [-0.1, -0.05) is 54.6 Å². The highest BCUT2D eigenvalue weighted by molar-refractivity contribution is 5.94. The maximum absolute atomic E-state index is 11.7. The highest BCUT2D eigenvalue weighted by Crippen LogP contribution is 2.28. The van der Waals surface area contributed by atoms with Crippen molar-refractivity contribution in [2.24, 2.45) is 5.73 Å². The van der Waals surface area contributed by atoms with E-state index >= 15 is 0 Å². The number of rotatable bonds is 8. The van der Waals surface area contributed by atoms with Gasteiger partial charge in [0.25, 0.3) is 0 Å². The van der Waals surface area contributed by atoms with Gasteiger partial charge in [-0.2, -0.15) is 0 Å². The Morgan fingerprint density at radius 2 is 1.82 bits per heavy atom. The van der Waals surface area contributed by atoms with E-state index in [1.54, 1.807) is 6.07 Å². The Morgan fingerprint density at radius 1 is 1.14 bits per heavy atom. The van der Waals surface area contributed by atoms with Gasteiger partial charge in [0.05, 0.1) is 0 Å². The Balaban J connectivity index is 2.32. The summed E-state index contributed by atoms with van der Waals surface area (Å²) in [5, 5.41) is 0. The summed E-state index contributed by atoms with van der Waals surface area (Å²) >= 11 is 0. The number of hydrogen-bond donors (Lipinski definition) is 1. The van der Waals surface area contributed by atoms with Gasteiger partial charge < -0.3 is 10.5 Å².